The molecule has 24 heavy (non-hydrogen) atoms. The number of benzene rings is 2. The average molecular weight is 340 g/mol. The highest BCUT2D eigenvalue weighted by Gasteiger charge is 1.99. The Kier molecular flexibility index (Phi) is 6.75. The summed E-state index contributed by atoms with van der Waals surface area (Å²) in [5.41, 5.74) is 7.22. The molecule has 2 rings (SSSR count). The summed E-state index contributed by atoms with van der Waals surface area (Å²) in [5, 5.41) is 7.73. The minimum atomic E-state index is 0.467. The summed E-state index contributed by atoms with van der Waals surface area (Å²) in [6.45, 7) is 5.28. The molecule has 2 aromatic carbocycles. The minimum Gasteiger partial charge on any atom is -0.375 e. The van der Waals surface area contributed by atoms with Gasteiger partial charge in [0.05, 0.1) is 6.21 Å². The van der Waals surface area contributed by atoms with Crippen LogP contribution in [-0.4, -0.2) is 24.9 Å². The molecule has 4 nitrogen and oxygen atoms in total. The molecule has 0 atom stereocenters. The lowest BCUT2D eigenvalue weighted by molar-refractivity contribution is 0.852. The zero-order valence-corrected chi connectivity index (χ0v) is 15.2. The molecular formula is C19H24N4S. The van der Waals surface area contributed by atoms with Gasteiger partial charge in [-0.15, -0.1) is 0 Å². The van der Waals surface area contributed by atoms with Crippen LogP contribution in [0.15, 0.2) is 53.6 Å². The normalized spacial score (nSPS) is 10.6. The summed E-state index contributed by atoms with van der Waals surface area (Å²) >= 11 is 5.23. The smallest absolute Gasteiger partial charge is 0.191 e. The molecule has 0 radical (unpaired) electrons. The highest BCUT2D eigenvalue weighted by Crippen LogP contribution is 2.13. The third-order valence-corrected chi connectivity index (χ3v) is 3.78. The van der Waals surface area contributed by atoms with Crippen LogP contribution < -0.4 is 15.6 Å². The summed E-state index contributed by atoms with van der Waals surface area (Å²) in [7, 11) is 2.10. The van der Waals surface area contributed by atoms with E-state index in [2.05, 4.69) is 53.8 Å². The fraction of sp³-hybridized carbons (Fsp3) is 0.263. The summed E-state index contributed by atoms with van der Waals surface area (Å²) in [6.07, 6.45) is 2.89. The molecule has 0 heterocycles. The van der Waals surface area contributed by atoms with Crippen molar-refractivity contribution in [3.63, 3.8) is 0 Å². The van der Waals surface area contributed by atoms with Gasteiger partial charge in [0.15, 0.2) is 5.11 Å². The second-order valence-corrected chi connectivity index (χ2v) is 6.11. The standard InChI is InChI=1S/C19H24N4S/c1-4-13-23(3)18-11-7-16(8-12-18)14-20-22-19(24)21-17-9-5-15(2)6-10-17/h5-12,14H,4,13H2,1-3H3,(H2,21,22,24)/b20-14-. The van der Waals surface area contributed by atoms with E-state index in [1.54, 1.807) is 6.21 Å². The Hall–Kier alpha value is -2.40. The van der Waals surface area contributed by atoms with E-state index >= 15 is 0 Å². The third-order valence-electron chi connectivity index (χ3n) is 3.58. The van der Waals surface area contributed by atoms with Crippen molar-refractivity contribution in [2.45, 2.75) is 20.3 Å². The predicted molar refractivity (Wildman–Crippen MR) is 108 cm³/mol. The first-order valence-electron chi connectivity index (χ1n) is 8.06. The Balaban J connectivity index is 1.84. The second-order valence-electron chi connectivity index (χ2n) is 5.70. The Morgan fingerprint density at radius 1 is 1.12 bits per heavy atom. The number of rotatable bonds is 6. The quantitative estimate of drug-likeness (QED) is 0.470. The number of aryl methyl sites for hydroxylation is 1. The molecule has 0 spiro atoms. The fourth-order valence-electron chi connectivity index (χ4n) is 2.24. The molecule has 0 aliphatic carbocycles. The van der Waals surface area contributed by atoms with E-state index in [1.165, 1.54) is 11.3 Å². The van der Waals surface area contributed by atoms with Gasteiger partial charge in [-0.25, -0.2) is 0 Å². The van der Waals surface area contributed by atoms with Crippen molar-refractivity contribution < 1.29 is 0 Å². The van der Waals surface area contributed by atoms with E-state index in [-0.39, 0.29) is 0 Å². The molecule has 126 valence electrons. The molecule has 0 aliphatic heterocycles. The zero-order chi connectivity index (χ0) is 17.4. The molecule has 5 heteroatoms. The lowest BCUT2D eigenvalue weighted by Gasteiger charge is -2.18. The van der Waals surface area contributed by atoms with E-state index in [0.29, 0.717) is 5.11 Å². The second kappa shape index (κ2) is 9.03. The van der Waals surface area contributed by atoms with Crippen molar-refractivity contribution in [3.05, 3.63) is 59.7 Å². The SMILES string of the molecule is CCCN(C)c1ccc(/C=N\NC(=S)Nc2ccc(C)cc2)cc1. The van der Waals surface area contributed by atoms with E-state index in [1.807, 2.05) is 36.4 Å². The van der Waals surface area contributed by atoms with Gasteiger partial charge in [-0.1, -0.05) is 36.8 Å². The van der Waals surface area contributed by atoms with Crippen LogP contribution in [-0.2, 0) is 0 Å². The Morgan fingerprint density at radius 3 is 2.42 bits per heavy atom. The van der Waals surface area contributed by atoms with Gasteiger partial charge >= 0.3 is 0 Å². The van der Waals surface area contributed by atoms with Gasteiger partial charge in [-0.2, -0.15) is 5.10 Å². The number of thiocarbonyl (C=S) groups is 1. The maximum atomic E-state index is 5.23. The molecule has 0 bridgehead atoms. The van der Waals surface area contributed by atoms with Gasteiger partial charge in [0.1, 0.15) is 0 Å². The van der Waals surface area contributed by atoms with Crippen molar-refractivity contribution in [1.29, 1.82) is 0 Å². The summed E-state index contributed by atoms with van der Waals surface area (Å²) in [6, 6.07) is 16.3. The van der Waals surface area contributed by atoms with Gasteiger partial charge in [-0.05, 0) is 55.4 Å². The molecule has 2 N–H and O–H groups in total. The maximum absolute atomic E-state index is 5.23. The van der Waals surface area contributed by atoms with Crippen LogP contribution in [0.5, 0.6) is 0 Å². The van der Waals surface area contributed by atoms with Crippen molar-refractivity contribution in [2.24, 2.45) is 5.10 Å². The number of nitrogens with one attached hydrogen (secondary N) is 2. The maximum Gasteiger partial charge on any atom is 0.191 e. The minimum absolute atomic E-state index is 0.467. The molecular weight excluding hydrogens is 316 g/mol. The first-order valence-corrected chi connectivity index (χ1v) is 8.47. The largest absolute Gasteiger partial charge is 0.375 e. The molecule has 0 unspecified atom stereocenters. The van der Waals surface area contributed by atoms with Crippen LogP contribution >= 0.6 is 12.2 Å². The Labute approximate surface area is 149 Å². The summed E-state index contributed by atoms with van der Waals surface area (Å²) in [5.74, 6) is 0. The molecule has 0 amide bonds. The number of hydrogen-bond donors (Lipinski definition) is 2. The molecule has 0 aliphatic rings. The van der Waals surface area contributed by atoms with Crippen molar-refractivity contribution in [1.82, 2.24) is 5.43 Å². The van der Waals surface area contributed by atoms with Gasteiger partial charge in [-0.3, -0.25) is 5.43 Å². The number of nitrogens with zero attached hydrogens (tertiary/aromatic N) is 2. The van der Waals surface area contributed by atoms with Gasteiger partial charge in [0, 0.05) is 25.0 Å². The lowest BCUT2D eigenvalue weighted by Crippen LogP contribution is -2.23. The lowest BCUT2D eigenvalue weighted by atomic mass is 10.2. The fourth-order valence-corrected chi connectivity index (χ4v) is 2.41. The van der Waals surface area contributed by atoms with Crippen LogP contribution in [0.3, 0.4) is 0 Å². The molecule has 0 saturated heterocycles. The number of hydrogen-bond acceptors (Lipinski definition) is 3. The number of anilines is 2. The third kappa shape index (κ3) is 5.66. The first kappa shape index (κ1) is 17.9. The summed E-state index contributed by atoms with van der Waals surface area (Å²) in [4.78, 5) is 2.24. The Bertz CT molecular complexity index is 678. The van der Waals surface area contributed by atoms with E-state index in [0.717, 1.165) is 24.2 Å². The average Bonchev–Trinajstić information content (AvgIpc) is 2.58. The van der Waals surface area contributed by atoms with Gasteiger partial charge in [0.2, 0.25) is 0 Å². The van der Waals surface area contributed by atoms with Crippen molar-refractivity contribution >= 4 is 34.9 Å². The van der Waals surface area contributed by atoms with Crippen molar-refractivity contribution in [3.8, 4) is 0 Å². The number of hydrazone groups is 1. The molecule has 2 aromatic rings. The van der Waals surface area contributed by atoms with E-state index in [9.17, 15) is 0 Å². The van der Waals surface area contributed by atoms with Crippen LogP contribution in [0.4, 0.5) is 11.4 Å². The molecule has 0 aromatic heterocycles. The van der Waals surface area contributed by atoms with Crippen LogP contribution in [0, 0.1) is 6.92 Å². The van der Waals surface area contributed by atoms with E-state index in [4.69, 9.17) is 12.2 Å². The highest BCUT2D eigenvalue weighted by molar-refractivity contribution is 7.80. The summed E-state index contributed by atoms with van der Waals surface area (Å²) < 4.78 is 0. The van der Waals surface area contributed by atoms with Gasteiger partial charge in [0.25, 0.3) is 0 Å². The first-order chi connectivity index (χ1) is 11.6. The monoisotopic (exact) mass is 340 g/mol. The predicted octanol–water partition coefficient (Wildman–Crippen LogP) is 4.16. The Morgan fingerprint density at radius 2 is 1.79 bits per heavy atom. The van der Waals surface area contributed by atoms with Crippen LogP contribution in [0.1, 0.15) is 24.5 Å². The topological polar surface area (TPSA) is 39.7 Å². The zero-order valence-electron chi connectivity index (χ0n) is 14.4. The van der Waals surface area contributed by atoms with Crippen molar-refractivity contribution in [2.75, 3.05) is 23.8 Å². The van der Waals surface area contributed by atoms with E-state index < -0.39 is 0 Å². The molecule has 0 saturated carbocycles. The molecule has 0 fully saturated rings. The van der Waals surface area contributed by atoms with Gasteiger partial charge < -0.3 is 10.2 Å². The van der Waals surface area contributed by atoms with Crippen LogP contribution in [0.25, 0.3) is 0 Å². The van der Waals surface area contributed by atoms with Crippen LogP contribution in [0.2, 0.25) is 0 Å². The highest BCUT2D eigenvalue weighted by atomic mass is 32.1.